The van der Waals surface area contributed by atoms with E-state index >= 15 is 0 Å². The van der Waals surface area contributed by atoms with Crippen LogP contribution in [0.5, 0.6) is 0 Å². The summed E-state index contributed by atoms with van der Waals surface area (Å²) in [4.78, 5) is 0. The summed E-state index contributed by atoms with van der Waals surface area (Å²) in [6.07, 6.45) is -3.80. The van der Waals surface area contributed by atoms with E-state index in [0.29, 0.717) is 13.2 Å². The first-order chi connectivity index (χ1) is 11.7. The van der Waals surface area contributed by atoms with Crippen LogP contribution in [0, 0.1) is 0 Å². The van der Waals surface area contributed by atoms with Crippen molar-refractivity contribution >= 4 is 0 Å². The van der Waals surface area contributed by atoms with Crippen LogP contribution >= 0.6 is 0 Å². The maximum Gasteiger partial charge on any atom is 0.186 e. The van der Waals surface area contributed by atoms with Crippen molar-refractivity contribution in [1.82, 2.24) is 0 Å². The number of aliphatic hydroxyl groups is 1. The Kier molecular flexibility index (Phi) is 6.18. The Bertz CT molecular complexity index is 497. The molecule has 2 heterocycles. The van der Waals surface area contributed by atoms with Crippen molar-refractivity contribution in [2.24, 2.45) is 0 Å². The number of hydrogen-bond donors (Lipinski definition) is 1. The molecule has 1 aromatic rings. The summed E-state index contributed by atoms with van der Waals surface area (Å²) < 4.78 is 33.7. The fourth-order valence-electron chi connectivity index (χ4n) is 2.94. The maximum absolute atomic E-state index is 10.5. The predicted molar refractivity (Wildman–Crippen MR) is 83.1 cm³/mol. The zero-order valence-corrected chi connectivity index (χ0v) is 13.9. The van der Waals surface area contributed by atoms with E-state index in [1.54, 1.807) is 0 Å². The molecule has 1 aromatic carbocycles. The van der Waals surface area contributed by atoms with E-state index in [-0.39, 0.29) is 12.9 Å². The molecule has 7 heteroatoms. The third-order valence-corrected chi connectivity index (χ3v) is 4.16. The van der Waals surface area contributed by atoms with Gasteiger partial charge in [-0.15, -0.1) is 0 Å². The van der Waals surface area contributed by atoms with Crippen LogP contribution in [0.2, 0.25) is 0 Å². The van der Waals surface area contributed by atoms with Gasteiger partial charge in [0.1, 0.15) is 31.2 Å². The minimum atomic E-state index is -0.980. The average molecular weight is 340 g/mol. The molecule has 1 unspecified atom stereocenters. The summed E-state index contributed by atoms with van der Waals surface area (Å²) in [5.41, 5.74) is 0.905. The number of fused-ring (bicyclic) bond motifs is 1. The first-order valence-electron chi connectivity index (χ1n) is 8.12. The molecule has 0 spiro atoms. The monoisotopic (exact) mass is 340 g/mol. The molecule has 1 N–H and O–H groups in total. The molecule has 134 valence electrons. The number of hydrogen-bond acceptors (Lipinski definition) is 7. The van der Waals surface area contributed by atoms with Gasteiger partial charge in [0.05, 0.1) is 6.61 Å². The van der Waals surface area contributed by atoms with Crippen LogP contribution in [0.25, 0.3) is 0 Å². The van der Waals surface area contributed by atoms with E-state index in [1.165, 1.54) is 7.11 Å². The lowest BCUT2D eigenvalue weighted by Crippen LogP contribution is -2.63. The number of ether oxygens (including phenoxy) is 6. The first kappa shape index (κ1) is 17.8. The fourth-order valence-corrected chi connectivity index (χ4v) is 2.94. The Labute approximate surface area is 141 Å². The molecule has 2 aliphatic heterocycles. The summed E-state index contributed by atoms with van der Waals surface area (Å²) in [6.45, 7) is 2.79. The van der Waals surface area contributed by atoms with E-state index < -0.39 is 30.9 Å². The highest BCUT2D eigenvalue weighted by Gasteiger charge is 2.50. The predicted octanol–water partition coefficient (Wildman–Crippen LogP) is 1.21. The van der Waals surface area contributed by atoms with Gasteiger partial charge in [-0.05, 0) is 6.92 Å². The van der Waals surface area contributed by atoms with Crippen molar-refractivity contribution in [1.29, 1.82) is 0 Å². The normalized spacial score (nSPS) is 36.3. The van der Waals surface area contributed by atoms with Gasteiger partial charge in [0.15, 0.2) is 12.6 Å². The molecule has 0 amide bonds. The van der Waals surface area contributed by atoms with Crippen LogP contribution in [-0.2, 0) is 28.4 Å². The Hall–Kier alpha value is -1.06. The topological polar surface area (TPSA) is 75.6 Å². The molecule has 2 aliphatic rings. The van der Waals surface area contributed by atoms with E-state index in [9.17, 15) is 5.11 Å². The summed E-state index contributed by atoms with van der Waals surface area (Å²) in [6, 6.07) is 9.63. The molecule has 0 aliphatic carbocycles. The second-order valence-electron chi connectivity index (χ2n) is 5.69. The Morgan fingerprint density at radius 1 is 1.21 bits per heavy atom. The highest BCUT2D eigenvalue weighted by atomic mass is 16.8. The molecule has 0 saturated carbocycles. The molecule has 0 bridgehead atoms. The largest absolute Gasteiger partial charge is 0.385 e. The second-order valence-corrected chi connectivity index (χ2v) is 5.69. The van der Waals surface area contributed by atoms with Gasteiger partial charge in [-0.1, -0.05) is 30.3 Å². The van der Waals surface area contributed by atoms with E-state index in [4.69, 9.17) is 28.4 Å². The smallest absolute Gasteiger partial charge is 0.186 e. The van der Waals surface area contributed by atoms with E-state index in [0.717, 1.165) is 5.56 Å². The molecular weight excluding hydrogens is 316 g/mol. The van der Waals surface area contributed by atoms with Crippen LogP contribution in [0.4, 0.5) is 0 Å². The summed E-state index contributed by atoms with van der Waals surface area (Å²) in [5.74, 6) is 0. The van der Waals surface area contributed by atoms with Gasteiger partial charge in [0.25, 0.3) is 0 Å². The van der Waals surface area contributed by atoms with Crippen molar-refractivity contribution in [3.63, 3.8) is 0 Å². The molecule has 6 atom stereocenters. The lowest BCUT2D eigenvalue weighted by molar-refractivity contribution is -0.367. The molecule has 7 nitrogen and oxygen atoms in total. The van der Waals surface area contributed by atoms with Crippen LogP contribution < -0.4 is 0 Å². The van der Waals surface area contributed by atoms with Crippen molar-refractivity contribution in [3.8, 4) is 0 Å². The zero-order chi connectivity index (χ0) is 16.9. The lowest BCUT2D eigenvalue weighted by Gasteiger charge is -2.47. The van der Waals surface area contributed by atoms with Crippen LogP contribution in [0.3, 0.4) is 0 Å². The number of rotatable bonds is 6. The van der Waals surface area contributed by atoms with Crippen LogP contribution in [0.15, 0.2) is 30.3 Å². The Balaban J connectivity index is 1.73. The van der Waals surface area contributed by atoms with Gasteiger partial charge in [0.2, 0.25) is 0 Å². The van der Waals surface area contributed by atoms with Gasteiger partial charge in [-0.3, -0.25) is 0 Å². The summed E-state index contributed by atoms with van der Waals surface area (Å²) in [5, 5.41) is 10.5. The number of methoxy groups -OCH3 is 1. The maximum atomic E-state index is 10.5. The minimum absolute atomic E-state index is 0.0676. The number of benzene rings is 1. The van der Waals surface area contributed by atoms with Gasteiger partial charge >= 0.3 is 0 Å². The first-order valence-corrected chi connectivity index (χ1v) is 8.12. The van der Waals surface area contributed by atoms with Gasteiger partial charge in [0, 0.05) is 19.3 Å². The second kappa shape index (κ2) is 8.35. The zero-order valence-electron chi connectivity index (χ0n) is 13.9. The summed E-state index contributed by atoms with van der Waals surface area (Å²) in [7, 11) is 1.48. The SMILES string of the molecule is CCOCO[C@@H]1[C@H](O)[C@H](OC)O[C@@H]2COC(c3ccccc3)O[C@@H]12. The van der Waals surface area contributed by atoms with Crippen molar-refractivity contribution in [2.75, 3.05) is 27.1 Å². The van der Waals surface area contributed by atoms with Crippen molar-refractivity contribution < 1.29 is 33.5 Å². The number of aliphatic hydroxyl groups excluding tert-OH is 1. The van der Waals surface area contributed by atoms with Crippen molar-refractivity contribution in [2.45, 2.75) is 43.9 Å². The Morgan fingerprint density at radius 2 is 2.00 bits per heavy atom. The van der Waals surface area contributed by atoms with Crippen LogP contribution in [-0.4, -0.2) is 62.9 Å². The van der Waals surface area contributed by atoms with Gasteiger partial charge in [-0.25, -0.2) is 0 Å². The molecule has 0 radical (unpaired) electrons. The molecule has 24 heavy (non-hydrogen) atoms. The van der Waals surface area contributed by atoms with Crippen LogP contribution in [0.1, 0.15) is 18.8 Å². The molecule has 2 fully saturated rings. The molecule has 2 saturated heterocycles. The minimum Gasteiger partial charge on any atom is -0.385 e. The Morgan fingerprint density at radius 3 is 2.71 bits per heavy atom. The molecule has 0 aromatic heterocycles. The highest BCUT2D eigenvalue weighted by molar-refractivity contribution is 5.16. The molecule has 3 rings (SSSR count). The van der Waals surface area contributed by atoms with Gasteiger partial charge < -0.3 is 33.5 Å². The van der Waals surface area contributed by atoms with Crippen molar-refractivity contribution in [3.05, 3.63) is 35.9 Å². The third-order valence-electron chi connectivity index (χ3n) is 4.16. The quantitative estimate of drug-likeness (QED) is 0.616. The van der Waals surface area contributed by atoms with E-state index in [2.05, 4.69) is 0 Å². The average Bonchev–Trinajstić information content (AvgIpc) is 2.63. The summed E-state index contributed by atoms with van der Waals surface area (Å²) >= 11 is 0. The highest BCUT2D eigenvalue weighted by Crippen LogP contribution is 2.35. The fraction of sp³-hybridized carbons (Fsp3) is 0.647. The molecular formula is C17H24O7. The van der Waals surface area contributed by atoms with Gasteiger partial charge in [-0.2, -0.15) is 0 Å². The van der Waals surface area contributed by atoms with E-state index in [1.807, 2.05) is 37.3 Å². The standard InChI is InChI=1S/C17H24O7/c1-3-20-10-22-15-13(18)17(19-2)23-12-9-21-16(24-14(12)15)11-7-5-4-6-8-11/h4-8,12-18H,3,9-10H2,1-2H3/t12-,13+,14-,15-,16?,17-/m1/s1. The lowest BCUT2D eigenvalue weighted by atomic mass is 9.97. The third kappa shape index (κ3) is 3.78.